The van der Waals surface area contributed by atoms with Crippen molar-refractivity contribution < 1.29 is 9.53 Å². The highest BCUT2D eigenvalue weighted by molar-refractivity contribution is 5.91. The number of pyridine rings is 1. The molecule has 0 unspecified atom stereocenters. The monoisotopic (exact) mass is 424 g/mol. The number of para-hydroxylation sites is 1. The van der Waals surface area contributed by atoms with Crippen molar-refractivity contribution in [3.05, 3.63) is 48.7 Å². The molecule has 0 bridgehead atoms. The lowest BCUT2D eigenvalue weighted by atomic mass is 10.3. The van der Waals surface area contributed by atoms with E-state index in [9.17, 15) is 4.79 Å². The molecule has 10 nitrogen and oxygen atoms in total. The molecule has 0 atom stereocenters. The van der Waals surface area contributed by atoms with E-state index in [4.69, 9.17) is 16.2 Å². The first-order valence-corrected chi connectivity index (χ1v) is 9.98. The summed E-state index contributed by atoms with van der Waals surface area (Å²) in [6.45, 7) is 8.59. The second-order valence-corrected chi connectivity index (χ2v) is 7.24. The average molecular weight is 425 g/mol. The number of hydrogen-bond donors (Lipinski definition) is 3. The topological polar surface area (TPSA) is 134 Å². The molecule has 2 heterocycles. The summed E-state index contributed by atoms with van der Waals surface area (Å²) in [5.74, 6) is 1.29. The lowest BCUT2D eigenvalue weighted by Gasteiger charge is -2.32. The number of rotatable bonds is 8. The van der Waals surface area contributed by atoms with Crippen LogP contribution in [0.15, 0.2) is 59.0 Å². The Morgan fingerprint density at radius 2 is 1.87 bits per heavy atom. The van der Waals surface area contributed by atoms with Gasteiger partial charge in [-0.15, -0.1) is 10.2 Å². The van der Waals surface area contributed by atoms with Crippen molar-refractivity contribution in [1.29, 1.82) is 0 Å². The zero-order chi connectivity index (χ0) is 22.2. The minimum Gasteiger partial charge on any atom is -0.459 e. The van der Waals surface area contributed by atoms with Crippen LogP contribution in [0.1, 0.15) is 0 Å². The van der Waals surface area contributed by atoms with E-state index in [2.05, 4.69) is 44.0 Å². The van der Waals surface area contributed by atoms with E-state index in [0.29, 0.717) is 35.2 Å². The Balaban J connectivity index is 1.65. The van der Waals surface area contributed by atoms with Gasteiger partial charge in [0.05, 0.1) is 13.1 Å². The average Bonchev–Trinajstić information content (AvgIpc) is 2.75. The third kappa shape index (κ3) is 6.57. The molecule has 164 valence electrons. The lowest BCUT2D eigenvalue weighted by Crippen LogP contribution is -2.45. The molecule has 1 saturated heterocycles. The Kier molecular flexibility index (Phi) is 7.65. The molecule has 1 aromatic carbocycles. The molecule has 0 spiro atoms. The van der Waals surface area contributed by atoms with Gasteiger partial charge in [-0.3, -0.25) is 9.69 Å². The van der Waals surface area contributed by atoms with Gasteiger partial charge in [0.2, 0.25) is 5.91 Å². The first-order chi connectivity index (χ1) is 14.9. The van der Waals surface area contributed by atoms with Gasteiger partial charge >= 0.3 is 0 Å². The van der Waals surface area contributed by atoms with Gasteiger partial charge in [0.15, 0.2) is 11.6 Å². The predicted molar refractivity (Wildman–Crippen MR) is 121 cm³/mol. The number of nitrogens with two attached hydrogens (primary N) is 2. The van der Waals surface area contributed by atoms with Crippen LogP contribution >= 0.6 is 0 Å². The Morgan fingerprint density at radius 3 is 2.58 bits per heavy atom. The number of nitrogens with one attached hydrogen (secondary N) is 1. The number of benzene rings is 1. The molecule has 2 aromatic rings. The third-order valence-electron chi connectivity index (χ3n) is 4.74. The van der Waals surface area contributed by atoms with Crippen LogP contribution in [-0.4, -0.2) is 67.0 Å². The Labute approximate surface area is 181 Å². The van der Waals surface area contributed by atoms with E-state index >= 15 is 0 Å². The number of azo groups is 1. The maximum absolute atomic E-state index is 11.4. The van der Waals surface area contributed by atoms with Crippen LogP contribution in [0.4, 0.5) is 23.0 Å². The fraction of sp³-hybridized carbons (Fsp3) is 0.333. The van der Waals surface area contributed by atoms with E-state index in [0.717, 1.165) is 26.2 Å². The van der Waals surface area contributed by atoms with Gasteiger partial charge in [0.25, 0.3) is 0 Å². The molecular weight excluding hydrogens is 396 g/mol. The Bertz CT molecular complexity index is 954. The fourth-order valence-corrected chi connectivity index (χ4v) is 2.99. The number of anilines is 2. The second kappa shape index (κ2) is 10.6. The Morgan fingerprint density at radius 1 is 1.16 bits per heavy atom. The molecule has 0 saturated carbocycles. The fourth-order valence-electron chi connectivity index (χ4n) is 2.99. The molecule has 1 amide bonds. The van der Waals surface area contributed by atoms with Crippen molar-refractivity contribution in [2.75, 3.05) is 57.4 Å². The van der Waals surface area contributed by atoms with Gasteiger partial charge in [-0.25, -0.2) is 4.98 Å². The molecule has 3 rings (SSSR count). The largest absolute Gasteiger partial charge is 0.459 e. The maximum atomic E-state index is 11.4. The van der Waals surface area contributed by atoms with Crippen LogP contribution in [0.5, 0.6) is 5.75 Å². The van der Waals surface area contributed by atoms with E-state index in [-0.39, 0.29) is 18.3 Å². The third-order valence-corrected chi connectivity index (χ3v) is 4.74. The van der Waals surface area contributed by atoms with Crippen molar-refractivity contribution in [3.8, 4) is 5.75 Å². The van der Waals surface area contributed by atoms with E-state index < -0.39 is 0 Å². The predicted octanol–water partition coefficient (Wildman–Crippen LogP) is 2.12. The molecule has 1 aliphatic heterocycles. The van der Waals surface area contributed by atoms with Gasteiger partial charge in [-0.1, -0.05) is 18.7 Å². The van der Waals surface area contributed by atoms with Crippen molar-refractivity contribution >= 4 is 28.9 Å². The summed E-state index contributed by atoms with van der Waals surface area (Å²) in [5, 5.41) is 11.0. The van der Waals surface area contributed by atoms with Gasteiger partial charge in [-0.05, 0) is 31.3 Å². The maximum Gasteiger partial charge on any atom is 0.239 e. The minimum atomic E-state index is -0.357. The van der Waals surface area contributed by atoms with Gasteiger partial charge < -0.3 is 26.4 Å². The number of likely N-dealkylation sites (N-methyl/N-ethyl adjacent to an activating group) is 1. The number of nitrogens with zero attached hydrogens (tertiary/aromatic N) is 5. The number of amides is 1. The number of carbonyl (C=O) groups is 1. The summed E-state index contributed by atoms with van der Waals surface area (Å²) in [4.78, 5) is 20.1. The second-order valence-electron chi connectivity index (χ2n) is 7.24. The molecule has 1 aromatic heterocycles. The van der Waals surface area contributed by atoms with Crippen LogP contribution in [0.3, 0.4) is 0 Å². The van der Waals surface area contributed by atoms with Crippen LogP contribution in [0.25, 0.3) is 0 Å². The van der Waals surface area contributed by atoms with Crippen LogP contribution in [0.2, 0.25) is 0 Å². The number of carbonyl (C=O) groups excluding carboxylic acids is 1. The smallest absolute Gasteiger partial charge is 0.239 e. The van der Waals surface area contributed by atoms with E-state index in [1.807, 2.05) is 18.2 Å². The number of piperazine rings is 1. The highest BCUT2D eigenvalue weighted by Crippen LogP contribution is 2.31. The van der Waals surface area contributed by atoms with Gasteiger partial charge in [0.1, 0.15) is 23.0 Å². The molecule has 0 aliphatic carbocycles. The van der Waals surface area contributed by atoms with Gasteiger partial charge in [-0.2, -0.15) is 0 Å². The number of aromatic nitrogens is 1. The normalized spacial score (nSPS) is 15.2. The van der Waals surface area contributed by atoms with Crippen LogP contribution in [-0.2, 0) is 4.79 Å². The molecule has 5 N–H and O–H groups in total. The summed E-state index contributed by atoms with van der Waals surface area (Å²) in [5.41, 5.74) is 12.1. The van der Waals surface area contributed by atoms with Gasteiger partial charge in [0, 0.05) is 26.2 Å². The SMILES string of the molecule is C=C(CN1CCN(C)CC1)Oc1ccccc1N=Nc1ccc(NC(=O)CN)nc1N. The van der Waals surface area contributed by atoms with Crippen molar-refractivity contribution in [3.63, 3.8) is 0 Å². The minimum absolute atomic E-state index is 0.136. The quantitative estimate of drug-likeness (QED) is 0.436. The van der Waals surface area contributed by atoms with Crippen molar-refractivity contribution in [2.24, 2.45) is 16.0 Å². The number of hydrogen-bond acceptors (Lipinski definition) is 9. The first kappa shape index (κ1) is 22.3. The van der Waals surface area contributed by atoms with E-state index in [1.54, 1.807) is 18.2 Å². The Hall–Kier alpha value is -3.34. The number of nitrogen functional groups attached to an aromatic ring is 1. The van der Waals surface area contributed by atoms with E-state index in [1.165, 1.54) is 0 Å². The molecule has 1 fully saturated rings. The van der Waals surface area contributed by atoms with Crippen LogP contribution in [0, 0.1) is 0 Å². The summed E-state index contributed by atoms with van der Waals surface area (Å²) >= 11 is 0. The zero-order valence-corrected chi connectivity index (χ0v) is 17.6. The summed E-state index contributed by atoms with van der Waals surface area (Å²) < 4.78 is 5.96. The van der Waals surface area contributed by atoms with Crippen molar-refractivity contribution in [1.82, 2.24) is 14.8 Å². The highest BCUT2D eigenvalue weighted by Gasteiger charge is 2.15. The standard InChI is InChI=1S/C21H28N8O2/c1-15(14-29-11-9-28(2)10-12-29)31-18-6-4-3-5-16(18)26-27-17-7-8-19(25-21(17)23)24-20(30)13-22/h3-8H,1,9-14,22H2,2H3,(H3,23,24,25,30). The summed E-state index contributed by atoms with van der Waals surface area (Å²) in [6, 6.07) is 10.5. The lowest BCUT2D eigenvalue weighted by molar-refractivity contribution is -0.114. The molecule has 1 aliphatic rings. The molecule has 10 heteroatoms. The van der Waals surface area contributed by atoms with Crippen LogP contribution < -0.4 is 21.5 Å². The summed E-state index contributed by atoms with van der Waals surface area (Å²) in [7, 11) is 2.12. The van der Waals surface area contributed by atoms with Crippen molar-refractivity contribution in [2.45, 2.75) is 0 Å². The zero-order valence-electron chi connectivity index (χ0n) is 17.6. The highest BCUT2D eigenvalue weighted by atomic mass is 16.5. The summed E-state index contributed by atoms with van der Waals surface area (Å²) in [6.07, 6.45) is 0. The molecule has 0 radical (unpaired) electrons. The molecular formula is C21H28N8O2. The molecule has 31 heavy (non-hydrogen) atoms. The number of ether oxygens (including phenoxy) is 1. The first-order valence-electron chi connectivity index (χ1n) is 9.98.